The van der Waals surface area contributed by atoms with E-state index in [9.17, 15) is 13.2 Å². The van der Waals surface area contributed by atoms with Crippen molar-refractivity contribution in [1.82, 2.24) is 4.90 Å². The zero-order valence-corrected chi connectivity index (χ0v) is 21.7. The van der Waals surface area contributed by atoms with Crippen LogP contribution < -0.4 is 4.74 Å². The van der Waals surface area contributed by atoms with E-state index < -0.39 is 15.5 Å². The molecule has 34 heavy (non-hydrogen) atoms. The summed E-state index contributed by atoms with van der Waals surface area (Å²) in [7, 11) is -1.98. The van der Waals surface area contributed by atoms with E-state index in [0.29, 0.717) is 41.7 Å². The molecule has 1 aliphatic rings. The van der Waals surface area contributed by atoms with E-state index in [0.717, 1.165) is 17.4 Å². The lowest BCUT2D eigenvalue weighted by Crippen LogP contribution is -2.36. The first-order valence-electron chi connectivity index (χ1n) is 10.6. The Labute approximate surface area is 211 Å². The van der Waals surface area contributed by atoms with Crippen molar-refractivity contribution in [2.45, 2.75) is 31.6 Å². The number of hydrogen-bond acceptors (Lipinski definition) is 6. The standard InChI is InChI=1S/C22H25Cl2NO5S.C2H3N/c1-29-20-6-4-3-5-16(20)13-21(26)25-11-9-22(15-25,10-12-30-31(2,27)28)17-7-8-18(23)19(24)14-17;1-2-3/h3-8,14H,9-13,15H2,1-2H3;1H3/t22-;/m1./s1. The summed E-state index contributed by atoms with van der Waals surface area (Å²) in [5.74, 6) is 0.655. The fourth-order valence-corrected chi connectivity index (χ4v) is 4.69. The van der Waals surface area contributed by atoms with E-state index >= 15 is 0 Å². The van der Waals surface area contributed by atoms with Crippen LogP contribution in [0.2, 0.25) is 10.0 Å². The Hall–Kier alpha value is -2.31. The number of benzene rings is 2. The molecule has 184 valence electrons. The molecule has 0 bridgehead atoms. The van der Waals surface area contributed by atoms with E-state index in [-0.39, 0.29) is 18.9 Å². The molecule has 2 aromatic rings. The van der Waals surface area contributed by atoms with Gasteiger partial charge in [-0.25, -0.2) is 0 Å². The molecule has 0 unspecified atom stereocenters. The molecule has 1 atom stereocenters. The van der Waals surface area contributed by atoms with Crippen molar-refractivity contribution in [1.29, 1.82) is 5.26 Å². The Kier molecular flexibility index (Phi) is 10.2. The van der Waals surface area contributed by atoms with Crippen LogP contribution in [0.4, 0.5) is 0 Å². The van der Waals surface area contributed by atoms with Gasteiger partial charge in [0.1, 0.15) is 5.75 Å². The first-order chi connectivity index (χ1) is 16.0. The number of likely N-dealkylation sites (tertiary alicyclic amines) is 1. The molecular formula is C24H28Cl2N2O5S. The minimum absolute atomic E-state index is 0.0181. The molecule has 0 radical (unpaired) electrons. The predicted octanol–water partition coefficient (Wildman–Crippen LogP) is 4.61. The van der Waals surface area contributed by atoms with Gasteiger partial charge in [0.15, 0.2) is 0 Å². The van der Waals surface area contributed by atoms with E-state index in [1.165, 1.54) is 6.92 Å². The monoisotopic (exact) mass is 526 g/mol. The second kappa shape index (κ2) is 12.4. The predicted molar refractivity (Wildman–Crippen MR) is 133 cm³/mol. The molecule has 1 amide bonds. The summed E-state index contributed by atoms with van der Waals surface area (Å²) in [6.07, 6.45) is 2.34. The average molecular weight is 527 g/mol. The van der Waals surface area contributed by atoms with Gasteiger partial charge in [-0.15, -0.1) is 0 Å². The highest BCUT2D eigenvalue weighted by Gasteiger charge is 2.41. The van der Waals surface area contributed by atoms with Gasteiger partial charge in [0.25, 0.3) is 10.1 Å². The lowest BCUT2D eigenvalue weighted by molar-refractivity contribution is -0.129. The van der Waals surface area contributed by atoms with Crippen molar-refractivity contribution in [3.8, 4) is 11.8 Å². The topological polar surface area (TPSA) is 96.7 Å². The minimum Gasteiger partial charge on any atom is -0.496 e. The third-order valence-corrected chi connectivity index (χ3v) is 6.98. The molecule has 7 nitrogen and oxygen atoms in total. The Morgan fingerprint density at radius 3 is 2.50 bits per heavy atom. The van der Waals surface area contributed by atoms with Crippen LogP contribution >= 0.6 is 23.2 Å². The molecule has 1 saturated heterocycles. The normalized spacial score (nSPS) is 17.5. The first-order valence-corrected chi connectivity index (χ1v) is 13.1. The quantitative estimate of drug-likeness (QED) is 0.465. The fourth-order valence-electron chi connectivity index (χ4n) is 4.01. The van der Waals surface area contributed by atoms with Crippen molar-refractivity contribution in [2.24, 2.45) is 0 Å². The maximum absolute atomic E-state index is 13.1. The van der Waals surface area contributed by atoms with Crippen LogP contribution in [-0.4, -0.2) is 52.3 Å². The summed E-state index contributed by atoms with van der Waals surface area (Å²) < 4.78 is 33.3. The molecular weight excluding hydrogens is 499 g/mol. The van der Waals surface area contributed by atoms with Gasteiger partial charge in [-0.05, 0) is 36.6 Å². The second-order valence-electron chi connectivity index (χ2n) is 7.96. The van der Waals surface area contributed by atoms with Gasteiger partial charge in [-0.3, -0.25) is 8.98 Å². The maximum Gasteiger partial charge on any atom is 0.264 e. The minimum atomic E-state index is -3.56. The zero-order valence-electron chi connectivity index (χ0n) is 19.4. The highest BCUT2D eigenvalue weighted by atomic mass is 35.5. The van der Waals surface area contributed by atoms with Gasteiger partial charge in [0, 0.05) is 31.0 Å². The summed E-state index contributed by atoms with van der Waals surface area (Å²) >= 11 is 12.3. The maximum atomic E-state index is 13.1. The fraction of sp³-hybridized carbons (Fsp3) is 0.417. The number of carbonyl (C=O) groups excluding carboxylic acids is 1. The highest BCUT2D eigenvalue weighted by molar-refractivity contribution is 7.85. The molecule has 0 N–H and O–H groups in total. The van der Waals surface area contributed by atoms with Crippen LogP contribution in [0.25, 0.3) is 0 Å². The van der Waals surface area contributed by atoms with E-state index in [2.05, 4.69) is 0 Å². The molecule has 1 aliphatic heterocycles. The van der Waals surface area contributed by atoms with Gasteiger partial charge in [-0.1, -0.05) is 47.5 Å². The SMILES string of the molecule is CC#N.COc1ccccc1CC(=O)N1CC[C@](CCOS(C)(=O)=O)(c2ccc(Cl)c(Cl)c2)C1. The van der Waals surface area contributed by atoms with Gasteiger partial charge in [-0.2, -0.15) is 13.7 Å². The molecule has 10 heteroatoms. The first kappa shape index (κ1) is 27.9. The van der Waals surface area contributed by atoms with Crippen molar-refractivity contribution in [2.75, 3.05) is 33.1 Å². The Morgan fingerprint density at radius 2 is 1.88 bits per heavy atom. The third-order valence-electron chi connectivity index (χ3n) is 5.65. The largest absolute Gasteiger partial charge is 0.496 e. The zero-order chi connectivity index (χ0) is 25.4. The summed E-state index contributed by atoms with van der Waals surface area (Å²) in [5, 5.41) is 8.18. The molecule has 0 saturated carbocycles. The molecule has 0 aromatic heterocycles. The van der Waals surface area contributed by atoms with Gasteiger partial charge < -0.3 is 9.64 Å². The number of methoxy groups -OCH3 is 1. The van der Waals surface area contributed by atoms with Crippen molar-refractivity contribution in [3.05, 3.63) is 63.6 Å². The van der Waals surface area contributed by atoms with Crippen LogP contribution in [-0.2, 0) is 30.9 Å². The summed E-state index contributed by atoms with van der Waals surface area (Å²) in [5.41, 5.74) is 1.25. The van der Waals surface area contributed by atoms with Gasteiger partial charge in [0.2, 0.25) is 5.91 Å². The number of ether oxygens (including phenoxy) is 1. The molecule has 3 rings (SSSR count). The van der Waals surface area contributed by atoms with Crippen LogP contribution in [0.1, 0.15) is 30.9 Å². The summed E-state index contributed by atoms with van der Waals surface area (Å²) in [6, 6.07) is 14.6. The summed E-state index contributed by atoms with van der Waals surface area (Å²) in [6.45, 7) is 2.44. The molecule has 1 fully saturated rings. The van der Waals surface area contributed by atoms with Gasteiger partial charge >= 0.3 is 0 Å². The average Bonchev–Trinajstić information content (AvgIpc) is 3.21. The molecule has 0 aliphatic carbocycles. The van der Waals surface area contributed by atoms with E-state index in [1.807, 2.05) is 30.3 Å². The molecule has 0 spiro atoms. The number of nitrogens with zero attached hydrogens (tertiary/aromatic N) is 2. The van der Waals surface area contributed by atoms with Crippen molar-refractivity contribution >= 4 is 39.2 Å². The smallest absolute Gasteiger partial charge is 0.264 e. The lowest BCUT2D eigenvalue weighted by Gasteiger charge is -2.30. The van der Waals surface area contributed by atoms with Crippen molar-refractivity contribution < 1.29 is 22.1 Å². The molecule has 2 aromatic carbocycles. The number of carbonyl (C=O) groups is 1. The van der Waals surface area contributed by atoms with E-state index in [4.69, 9.17) is 37.4 Å². The van der Waals surface area contributed by atoms with Crippen LogP contribution in [0.3, 0.4) is 0 Å². The number of para-hydroxylation sites is 1. The number of amides is 1. The van der Waals surface area contributed by atoms with Crippen LogP contribution in [0.5, 0.6) is 5.75 Å². The third kappa shape index (κ3) is 7.60. The highest BCUT2D eigenvalue weighted by Crippen LogP contribution is 2.40. The van der Waals surface area contributed by atoms with Crippen molar-refractivity contribution in [3.63, 3.8) is 0 Å². The number of nitriles is 1. The van der Waals surface area contributed by atoms with Crippen LogP contribution in [0.15, 0.2) is 42.5 Å². The second-order valence-corrected chi connectivity index (χ2v) is 10.4. The van der Waals surface area contributed by atoms with Crippen LogP contribution in [0, 0.1) is 11.3 Å². The Morgan fingerprint density at radius 1 is 1.21 bits per heavy atom. The summed E-state index contributed by atoms with van der Waals surface area (Å²) in [4.78, 5) is 14.9. The number of hydrogen-bond donors (Lipinski definition) is 0. The Bertz CT molecular complexity index is 1150. The van der Waals surface area contributed by atoms with Gasteiger partial charge in [0.05, 0.1) is 42.5 Å². The van der Waals surface area contributed by atoms with E-state index in [1.54, 1.807) is 30.2 Å². The Balaban J connectivity index is 0.00000129. The number of rotatable bonds is 8. The molecule has 1 heterocycles. The lowest BCUT2D eigenvalue weighted by atomic mass is 9.77. The number of halogens is 2.